The van der Waals surface area contributed by atoms with Crippen molar-refractivity contribution in [2.75, 3.05) is 19.7 Å². The zero-order valence-electron chi connectivity index (χ0n) is 11.5. The minimum Gasteiger partial charge on any atom is -0.489 e. The van der Waals surface area contributed by atoms with Crippen LogP contribution in [0.4, 0.5) is 13.2 Å². The predicted molar refractivity (Wildman–Crippen MR) is 73.0 cm³/mol. The molecule has 0 aromatic heterocycles. The lowest BCUT2D eigenvalue weighted by molar-refractivity contribution is -0.236. The average molecular weight is 295 g/mol. The van der Waals surface area contributed by atoms with Crippen molar-refractivity contribution in [1.82, 2.24) is 4.90 Å². The summed E-state index contributed by atoms with van der Waals surface area (Å²) in [5, 5.41) is 0. The van der Waals surface area contributed by atoms with Crippen molar-refractivity contribution in [2.24, 2.45) is 5.92 Å². The molecule has 112 valence electrons. The number of nitrogens with zero attached hydrogens (tertiary/aromatic N) is 1. The first-order valence-corrected chi connectivity index (χ1v) is 7.21. The normalized spacial score (nSPS) is 31.2. The summed E-state index contributed by atoms with van der Waals surface area (Å²) >= 11 is 0. The highest BCUT2D eigenvalue weighted by Crippen LogP contribution is 2.58. The maximum Gasteiger partial charge on any atom is 0.406 e. The van der Waals surface area contributed by atoms with E-state index in [1.165, 1.54) is 0 Å². The number of rotatable bonds is 2. The Morgan fingerprint density at radius 3 is 2.76 bits per heavy atom. The molecule has 1 aromatic carbocycles. The van der Waals surface area contributed by atoms with Gasteiger partial charge < -0.3 is 4.74 Å². The molecule has 2 bridgehead atoms. The topological polar surface area (TPSA) is 12.5 Å². The molecule has 2 saturated heterocycles. The van der Waals surface area contributed by atoms with E-state index in [-0.39, 0.29) is 18.8 Å². The Labute approximate surface area is 121 Å². The Bertz CT molecular complexity index is 602. The van der Waals surface area contributed by atoms with Crippen molar-refractivity contribution < 1.29 is 17.9 Å². The zero-order valence-corrected chi connectivity index (χ0v) is 11.5. The molecule has 0 radical (unpaired) electrons. The number of hydrogen-bond acceptors (Lipinski definition) is 2. The van der Waals surface area contributed by atoms with Crippen molar-refractivity contribution in [2.45, 2.75) is 24.6 Å². The van der Waals surface area contributed by atoms with Gasteiger partial charge in [-0.1, -0.05) is 18.2 Å². The van der Waals surface area contributed by atoms with Gasteiger partial charge in [-0.3, -0.25) is 4.90 Å². The van der Waals surface area contributed by atoms with Crippen molar-refractivity contribution in [1.29, 1.82) is 0 Å². The van der Waals surface area contributed by atoms with E-state index >= 15 is 0 Å². The molecule has 0 spiro atoms. The molecule has 1 aromatic rings. The molecule has 0 N–H and O–H groups in total. The lowest BCUT2D eigenvalue weighted by atomic mass is 9.72. The van der Waals surface area contributed by atoms with Crippen LogP contribution in [0.25, 0.3) is 6.08 Å². The van der Waals surface area contributed by atoms with Crippen LogP contribution >= 0.6 is 0 Å². The maximum atomic E-state index is 13.3. The van der Waals surface area contributed by atoms with E-state index in [0.717, 1.165) is 16.9 Å². The van der Waals surface area contributed by atoms with Crippen LogP contribution in [-0.4, -0.2) is 36.3 Å². The first-order valence-electron chi connectivity index (χ1n) is 7.21. The molecule has 0 amide bonds. The first kappa shape index (κ1) is 13.2. The summed E-state index contributed by atoms with van der Waals surface area (Å²) in [5.41, 5.74) is 0.298. The molecule has 3 aliphatic heterocycles. The van der Waals surface area contributed by atoms with Crippen LogP contribution in [0, 0.1) is 5.92 Å². The minimum atomic E-state index is -4.13. The second-order valence-corrected chi connectivity index (χ2v) is 6.31. The molecule has 1 aliphatic carbocycles. The molecule has 4 aliphatic rings. The number of fused-ring (bicyclic) bond motifs is 2. The third-order valence-electron chi connectivity index (χ3n) is 4.95. The number of halogens is 3. The minimum absolute atomic E-state index is 0.212. The summed E-state index contributed by atoms with van der Waals surface area (Å²) in [6.07, 6.45) is -1.63. The molecular formula is C16H16F3NO. The van der Waals surface area contributed by atoms with Crippen LogP contribution in [0.5, 0.6) is 5.75 Å². The van der Waals surface area contributed by atoms with Gasteiger partial charge in [0.05, 0.1) is 0 Å². The van der Waals surface area contributed by atoms with Gasteiger partial charge >= 0.3 is 6.18 Å². The Morgan fingerprint density at radius 2 is 2.00 bits per heavy atom. The van der Waals surface area contributed by atoms with Gasteiger partial charge in [0, 0.05) is 18.7 Å². The van der Waals surface area contributed by atoms with Gasteiger partial charge in [0.1, 0.15) is 17.9 Å². The van der Waals surface area contributed by atoms with Gasteiger partial charge in [-0.25, -0.2) is 0 Å². The third kappa shape index (κ3) is 1.90. The number of alkyl halides is 3. The summed E-state index contributed by atoms with van der Waals surface area (Å²) < 4.78 is 45.6. The fourth-order valence-electron chi connectivity index (χ4n) is 3.90. The SMILES string of the molecule is FC(F)(F)C12CC(CN1CC1=Cc3ccccc3OC1)C2. The van der Waals surface area contributed by atoms with Crippen LogP contribution in [0.3, 0.4) is 0 Å². The Kier molecular flexibility index (Phi) is 2.67. The summed E-state index contributed by atoms with van der Waals surface area (Å²) in [4.78, 5) is 1.61. The van der Waals surface area contributed by atoms with Crippen molar-refractivity contribution in [3.8, 4) is 5.75 Å². The number of benzene rings is 1. The van der Waals surface area contributed by atoms with Crippen LogP contribution in [0.2, 0.25) is 0 Å². The lowest BCUT2D eigenvalue weighted by Crippen LogP contribution is -2.57. The van der Waals surface area contributed by atoms with Crippen molar-refractivity contribution in [3.63, 3.8) is 0 Å². The summed E-state index contributed by atoms with van der Waals surface area (Å²) in [6.45, 7) is 1.29. The summed E-state index contributed by atoms with van der Waals surface area (Å²) in [6, 6.07) is 7.61. The van der Waals surface area contributed by atoms with Gasteiger partial charge in [0.25, 0.3) is 0 Å². The zero-order chi connectivity index (χ0) is 14.7. The fraction of sp³-hybridized carbons (Fsp3) is 0.500. The second kappa shape index (κ2) is 4.26. The molecule has 2 nitrogen and oxygen atoms in total. The molecular weight excluding hydrogens is 279 g/mol. The highest BCUT2D eigenvalue weighted by Gasteiger charge is 2.69. The number of hydrogen-bond donors (Lipinski definition) is 0. The fourth-order valence-corrected chi connectivity index (χ4v) is 3.90. The molecule has 5 rings (SSSR count). The highest BCUT2D eigenvalue weighted by molar-refractivity contribution is 5.62. The van der Waals surface area contributed by atoms with E-state index in [4.69, 9.17) is 4.74 Å². The average Bonchev–Trinajstić information content (AvgIpc) is 2.93. The van der Waals surface area contributed by atoms with Gasteiger partial charge in [-0.2, -0.15) is 13.2 Å². The molecule has 0 atom stereocenters. The van der Waals surface area contributed by atoms with Crippen LogP contribution < -0.4 is 4.74 Å². The van der Waals surface area contributed by atoms with Gasteiger partial charge in [-0.15, -0.1) is 0 Å². The first-order chi connectivity index (χ1) is 9.98. The molecule has 3 heterocycles. The Balaban J connectivity index is 1.57. The summed E-state index contributed by atoms with van der Waals surface area (Å²) in [5.74, 6) is 1.02. The largest absolute Gasteiger partial charge is 0.489 e. The summed E-state index contributed by atoms with van der Waals surface area (Å²) in [7, 11) is 0. The second-order valence-electron chi connectivity index (χ2n) is 6.31. The molecule has 0 unspecified atom stereocenters. The number of ether oxygens (including phenoxy) is 1. The monoisotopic (exact) mass is 295 g/mol. The van der Waals surface area contributed by atoms with E-state index in [2.05, 4.69) is 0 Å². The van der Waals surface area contributed by atoms with Crippen LogP contribution in [-0.2, 0) is 0 Å². The smallest absolute Gasteiger partial charge is 0.406 e. The highest BCUT2D eigenvalue weighted by atomic mass is 19.4. The van der Waals surface area contributed by atoms with Crippen LogP contribution in [0.1, 0.15) is 18.4 Å². The lowest BCUT2D eigenvalue weighted by Gasteiger charge is -2.43. The predicted octanol–water partition coefficient (Wildman–Crippen LogP) is 3.49. The molecule has 1 saturated carbocycles. The quantitative estimate of drug-likeness (QED) is 0.828. The van der Waals surface area contributed by atoms with Crippen molar-refractivity contribution >= 4 is 6.08 Å². The van der Waals surface area contributed by atoms with Gasteiger partial charge in [0.15, 0.2) is 0 Å². The third-order valence-corrected chi connectivity index (χ3v) is 4.95. The van der Waals surface area contributed by atoms with E-state index in [9.17, 15) is 13.2 Å². The van der Waals surface area contributed by atoms with Gasteiger partial charge in [-0.05, 0) is 36.5 Å². The Morgan fingerprint density at radius 1 is 1.24 bits per heavy atom. The maximum absolute atomic E-state index is 13.3. The standard InChI is InChI=1S/C16H16F3NO/c17-16(18,19)15-6-12(7-15)9-20(15)8-11-5-13-3-1-2-4-14(13)21-10-11/h1-5,12H,6-10H2. The molecule has 3 fully saturated rings. The van der Waals surface area contributed by atoms with Gasteiger partial charge in [0.2, 0.25) is 0 Å². The van der Waals surface area contributed by atoms with E-state index < -0.39 is 11.7 Å². The van der Waals surface area contributed by atoms with E-state index in [1.54, 1.807) is 4.90 Å². The molecule has 21 heavy (non-hydrogen) atoms. The molecule has 5 heteroatoms. The Hall–Kier alpha value is -1.49. The van der Waals surface area contributed by atoms with Crippen molar-refractivity contribution in [3.05, 3.63) is 35.4 Å². The van der Waals surface area contributed by atoms with Crippen LogP contribution in [0.15, 0.2) is 29.8 Å². The van der Waals surface area contributed by atoms with E-state index in [0.29, 0.717) is 19.7 Å². The van der Waals surface area contributed by atoms with E-state index in [1.807, 2.05) is 30.3 Å². The number of para-hydroxylation sites is 1.